The van der Waals surface area contributed by atoms with Crippen LogP contribution in [0.1, 0.15) is 18.4 Å². The molecule has 2 N–H and O–H groups in total. The van der Waals surface area contributed by atoms with E-state index in [-0.39, 0.29) is 11.8 Å². The first kappa shape index (κ1) is 17.8. The van der Waals surface area contributed by atoms with Crippen molar-refractivity contribution in [1.29, 1.82) is 0 Å². The van der Waals surface area contributed by atoms with Crippen molar-refractivity contribution < 1.29 is 4.79 Å². The molecular formula is C23H20N4OS. The van der Waals surface area contributed by atoms with E-state index in [1.165, 1.54) is 0 Å². The molecule has 1 saturated carbocycles. The number of rotatable bonds is 6. The summed E-state index contributed by atoms with van der Waals surface area (Å²) in [6.45, 7) is 0.609. The van der Waals surface area contributed by atoms with Crippen molar-refractivity contribution in [3.63, 3.8) is 0 Å². The summed E-state index contributed by atoms with van der Waals surface area (Å²) in [6.07, 6.45) is 2.00. The molecule has 0 radical (unpaired) electrons. The van der Waals surface area contributed by atoms with E-state index in [9.17, 15) is 4.79 Å². The fourth-order valence-corrected chi connectivity index (χ4v) is 3.92. The monoisotopic (exact) mass is 400 g/mol. The number of benzene rings is 2. The van der Waals surface area contributed by atoms with E-state index in [1.807, 2.05) is 66.0 Å². The summed E-state index contributed by atoms with van der Waals surface area (Å²) in [5.74, 6) is 1.86. The summed E-state index contributed by atoms with van der Waals surface area (Å²) in [6, 6.07) is 20.0. The van der Waals surface area contributed by atoms with Gasteiger partial charge in [0.1, 0.15) is 5.82 Å². The number of carbonyl (C=O) groups excluding carboxylic acids is 1. The molecule has 0 aliphatic heterocycles. The summed E-state index contributed by atoms with van der Waals surface area (Å²) >= 11 is 1.63. The Labute approximate surface area is 172 Å². The van der Waals surface area contributed by atoms with E-state index >= 15 is 0 Å². The second-order valence-corrected chi connectivity index (χ2v) is 8.16. The second kappa shape index (κ2) is 7.64. The molecule has 5 nitrogen and oxygen atoms in total. The Kier molecular flexibility index (Phi) is 4.69. The predicted octanol–water partition coefficient (Wildman–Crippen LogP) is 5.32. The van der Waals surface area contributed by atoms with Crippen LogP contribution >= 0.6 is 11.3 Å². The minimum absolute atomic E-state index is 0.123. The number of hydrogen-bond donors (Lipinski definition) is 2. The van der Waals surface area contributed by atoms with Crippen molar-refractivity contribution in [3.8, 4) is 10.7 Å². The Morgan fingerprint density at radius 2 is 1.93 bits per heavy atom. The zero-order valence-corrected chi connectivity index (χ0v) is 16.6. The summed E-state index contributed by atoms with van der Waals surface area (Å²) in [5.41, 5.74) is 2.84. The van der Waals surface area contributed by atoms with E-state index in [2.05, 4.69) is 10.6 Å². The molecule has 1 aliphatic carbocycles. The largest absolute Gasteiger partial charge is 0.365 e. The maximum Gasteiger partial charge on any atom is 0.227 e. The minimum Gasteiger partial charge on any atom is -0.365 e. The predicted molar refractivity (Wildman–Crippen MR) is 118 cm³/mol. The van der Waals surface area contributed by atoms with Crippen LogP contribution in [0.2, 0.25) is 0 Å². The minimum atomic E-state index is 0.123. The Balaban J connectivity index is 1.39. The topological polar surface area (TPSA) is 66.9 Å². The zero-order valence-electron chi connectivity index (χ0n) is 15.8. The van der Waals surface area contributed by atoms with Crippen molar-refractivity contribution in [1.82, 2.24) is 9.97 Å². The SMILES string of the molecule is O=C(Nc1cccc(CNc2nc(-c3cccs3)nc3ccccc23)c1)C1CC1. The van der Waals surface area contributed by atoms with Gasteiger partial charge in [0.2, 0.25) is 5.91 Å². The Morgan fingerprint density at radius 1 is 1.03 bits per heavy atom. The second-order valence-electron chi connectivity index (χ2n) is 7.21. The van der Waals surface area contributed by atoms with E-state index < -0.39 is 0 Å². The molecule has 0 saturated heterocycles. The van der Waals surface area contributed by atoms with Crippen LogP contribution in [0.5, 0.6) is 0 Å². The third kappa shape index (κ3) is 3.98. The van der Waals surface area contributed by atoms with Gasteiger partial charge in [-0.05, 0) is 54.1 Å². The van der Waals surface area contributed by atoms with Gasteiger partial charge in [0.25, 0.3) is 0 Å². The lowest BCUT2D eigenvalue weighted by Gasteiger charge is -2.12. The smallest absolute Gasteiger partial charge is 0.227 e. The highest BCUT2D eigenvalue weighted by Gasteiger charge is 2.29. The number of aromatic nitrogens is 2. The number of thiophene rings is 1. The first-order chi connectivity index (χ1) is 14.3. The quantitative estimate of drug-likeness (QED) is 0.460. The Bertz CT molecular complexity index is 1170. The van der Waals surface area contributed by atoms with Gasteiger partial charge in [-0.25, -0.2) is 9.97 Å². The van der Waals surface area contributed by atoms with Crippen LogP contribution in [0, 0.1) is 5.92 Å². The van der Waals surface area contributed by atoms with Crippen LogP contribution in [-0.2, 0) is 11.3 Å². The molecule has 0 spiro atoms. The van der Waals surface area contributed by atoms with E-state index in [0.717, 1.165) is 51.5 Å². The van der Waals surface area contributed by atoms with Gasteiger partial charge < -0.3 is 10.6 Å². The van der Waals surface area contributed by atoms with Crippen LogP contribution in [0.25, 0.3) is 21.6 Å². The summed E-state index contributed by atoms with van der Waals surface area (Å²) < 4.78 is 0. The highest BCUT2D eigenvalue weighted by molar-refractivity contribution is 7.13. The van der Waals surface area contributed by atoms with Crippen molar-refractivity contribution in [3.05, 3.63) is 71.6 Å². The average molecular weight is 401 g/mol. The fourth-order valence-electron chi connectivity index (χ4n) is 3.26. The average Bonchev–Trinajstić information content (AvgIpc) is 3.46. The number of para-hydroxylation sites is 1. The van der Waals surface area contributed by atoms with Gasteiger partial charge in [0, 0.05) is 23.5 Å². The van der Waals surface area contributed by atoms with Crippen molar-refractivity contribution >= 4 is 39.7 Å². The van der Waals surface area contributed by atoms with Crippen molar-refractivity contribution in [2.24, 2.45) is 5.92 Å². The number of amides is 1. The lowest BCUT2D eigenvalue weighted by Crippen LogP contribution is -2.13. The molecule has 6 heteroatoms. The molecular weight excluding hydrogens is 380 g/mol. The van der Waals surface area contributed by atoms with E-state index in [4.69, 9.17) is 9.97 Å². The number of nitrogens with one attached hydrogen (secondary N) is 2. The van der Waals surface area contributed by atoms with Gasteiger partial charge in [0.05, 0.1) is 10.4 Å². The van der Waals surface area contributed by atoms with Gasteiger partial charge in [-0.3, -0.25) is 4.79 Å². The van der Waals surface area contributed by atoms with Gasteiger partial charge in [-0.1, -0.05) is 30.3 Å². The molecule has 1 amide bonds. The number of fused-ring (bicyclic) bond motifs is 1. The molecule has 1 aliphatic rings. The van der Waals surface area contributed by atoms with Crippen LogP contribution < -0.4 is 10.6 Å². The number of nitrogens with zero attached hydrogens (tertiary/aromatic N) is 2. The molecule has 144 valence electrons. The lowest BCUT2D eigenvalue weighted by molar-refractivity contribution is -0.117. The van der Waals surface area contributed by atoms with Gasteiger partial charge in [-0.15, -0.1) is 11.3 Å². The zero-order chi connectivity index (χ0) is 19.6. The standard InChI is InChI=1S/C23H20N4OS/c28-23(16-10-11-16)25-17-6-3-5-15(13-17)14-24-21-18-7-1-2-8-19(18)26-22(27-21)20-9-4-12-29-20/h1-9,12-13,16H,10-11,14H2,(H,25,28)(H,24,26,27). The molecule has 0 bridgehead atoms. The molecule has 29 heavy (non-hydrogen) atoms. The van der Waals surface area contributed by atoms with Crippen LogP contribution in [0.15, 0.2) is 66.0 Å². The third-order valence-corrected chi connectivity index (χ3v) is 5.81. The molecule has 0 unspecified atom stereocenters. The molecule has 2 aromatic heterocycles. The molecule has 5 rings (SSSR count). The molecule has 0 atom stereocenters. The van der Waals surface area contributed by atoms with E-state index in [1.54, 1.807) is 11.3 Å². The third-order valence-electron chi connectivity index (χ3n) is 4.95. The summed E-state index contributed by atoms with van der Waals surface area (Å²) in [5, 5.41) is 9.49. The van der Waals surface area contributed by atoms with Gasteiger partial charge >= 0.3 is 0 Å². The summed E-state index contributed by atoms with van der Waals surface area (Å²) in [7, 11) is 0. The first-order valence-corrected chi connectivity index (χ1v) is 10.6. The molecule has 1 fully saturated rings. The van der Waals surface area contributed by atoms with Gasteiger partial charge in [-0.2, -0.15) is 0 Å². The fraction of sp³-hybridized carbons (Fsp3) is 0.174. The molecule has 2 aromatic carbocycles. The van der Waals surface area contributed by atoms with Crippen LogP contribution in [-0.4, -0.2) is 15.9 Å². The van der Waals surface area contributed by atoms with Crippen molar-refractivity contribution in [2.45, 2.75) is 19.4 Å². The number of anilines is 2. The van der Waals surface area contributed by atoms with Gasteiger partial charge in [0.15, 0.2) is 5.82 Å². The highest BCUT2D eigenvalue weighted by atomic mass is 32.1. The Morgan fingerprint density at radius 3 is 2.76 bits per heavy atom. The first-order valence-electron chi connectivity index (χ1n) is 9.70. The van der Waals surface area contributed by atoms with Crippen LogP contribution in [0.4, 0.5) is 11.5 Å². The maximum absolute atomic E-state index is 12.0. The normalized spacial score (nSPS) is 13.4. The molecule has 4 aromatic rings. The highest BCUT2D eigenvalue weighted by Crippen LogP contribution is 2.30. The number of carbonyl (C=O) groups is 1. The summed E-state index contributed by atoms with van der Waals surface area (Å²) in [4.78, 5) is 22.6. The lowest BCUT2D eigenvalue weighted by atomic mass is 10.2. The molecule has 2 heterocycles. The van der Waals surface area contributed by atoms with Crippen LogP contribution in [0.3, 0.4) is 0 Å². The van der Waals surface area contributed by atoms with E-state index in [0.29, 0.717) is 6.54 Å². The van der Waals surface area contributed by atoms with Crippen molar-refractivity contribution in [2.75, 3.05) is 10.6 Å². The Hall–Kier alpha value is -3.25. The number of hydrogen-bond acceptors (Lipinski definition) is 5. The maximum atomic E-state index is 12.0.